The van der Waals surface area contributed by atoms with Crippen LogP contribution in [-0.4, -0.2) is 10.2 Å². The number of hydrogen-bond acceptors (Lipinski definition) is 2. The second kappa shape index (κ2) is 3.53. The number of nitrogens with zero attached hydrogens (tertiary/aromatic N) is 1. The lowest BCUT2D eigenvalue weighted by Gasteiger charge is -2.03. The van der Waals surface area contributed by atoms with Crippen LogP contribution in [0.1, 0.15) is 12.5 Å². The Morgan fingerprint density at radius 3 is 3.00 bits per heavy atom. The molecule has 0 unspecified atom stereocenters. The van der Waals surface area contributed by atoms with Gasteiger partial charge in [-0.2, -0.15) is 5.10 Å². The first-order valence-electron chi connectivity index (χ1n) is 4.38. The molecule has 1 N–H and O–H groups in total. The largest absolute Gasteiger partial charge is 0.287 e. The molecule has 2 rings (SSSR count). The van der Waals surface area contributed by atoms with Crippen molar-refractivity contribution in [3.8, 4) is 0 Å². The smallest absolute Gasteiger partial charge is 0.207 e. The van der Waals surface area contributed by atoms with E-state index in [2.05, 4.69) is 33.1 Å². The van der Waals surface area contributed by atoms with Crippen molar-refractivity contribution >= 4 is 26.8 Å². The molecule has 0 bridgehead atoms. The number of H-pyrrole nitrogens is 1. The topological polar surface area (TPSA) is 45.8 Å². The van der Waals surface area contributed by atoms with E-state index in [1.54, 1.807) is 0 Å². The molecule has 0 atom stereocenters. The van der Waals surface area contributed by atoms with Gasteiger partial charge in [-0.1, -0.05) is 22.9 Å². The fourth-order valence-corrected chi connectivity index (χ4v) is 2.04. The zero-order valence-electron chi connectivity index (χ0n) is 7.67. The minimum atomic E-state index is -0.0536. The number of hydrogen-bond donors (Lipinski definition) is 1. The zero-order chi connectivity index (χ0) is 10.1. The van der Waals surface area contributed by atoms with E-state index in [-0.39, 0.29) is 5.43 Å². The van der Waals surface area contributed by atoms with Crippen molar-refractivity contribution in [2.24, 2.45) is 0 Å². The van der Waals surface area contributed by atoms with E-state index < -0.39 is 0 Å². The van der Waals surface area contributed by atoms with Gasteiger partial charge in [0, 0.05) is 9.86 Å². The highest BCUT2D eigenvalue weighted by Crippen LogP contribution is 2.21. The van der Waals surface area contributed by atoms with Crippen molar-refractivity contribution in [3.63, 3.8) is 0 Å². The zero-order valence-corrected chi connectivity index (χ0v) is 9.26. The molecule has 0 saturated carbocycles. The highest BCUT2D eigenvalue weighted by atomic mass is 79.9. The Kier molecular flexibility index (Phi) is 2.37. The average Bonchev–Trinajstić information content (AvgIpc) is 2.19. The Labute approximate surface area is 89.3 Å². The van der Waals surface area contributed by atoms with Crippen molar-refractivity contribution in [1.82, 2.24) is 10.2 Å². The monoisotopic (exact) mass is 252 g/mol. The third kappa shape index (κ3) is 1.46. The number of fused-ring (bicyclic) bond motifs is 1. The van der Waals surface area contributed by atoms with Crippen molar-refractivity contribution in [3.05, 3.63) is 38.6 Å². The van der Waals surface area contributed by atoms with Gasteiger partial charge >= 0.3 is 0 Å². The Balaban J connectivity index is 2.86. The van der Waals surface area contributed by atoms with Crippen LogP contribution in [0.3, 0.4) is 0 Å². The molecule has 3 nitrogen and oxygen atoms in total. The van der Waals surface area contributed by atoms with Crippen molar-refractivity contribution in [1.29, 1.82) is 0 Å². The average molecular weight is 253 g/mol. The normalized spacial score (nSPS) is 10.7. The van der Waals surface area contributed by atoms with Gasteiger partial charge in [0.2, 0.25) is 5.43 Å². The van der Waals surface area contributed by atoms with Crippen molar-refractivity contribution in [2.45, 2.75) is 13.3 Å². The summed E-state index contributed by atoms with van der Waals surface area (Å²) in [5, 5.41) is 7.26. The van der Waals surface area contributed by atoms with Crippen LogP contribution in [0, 0.1) is 0 Å². The highest BCUT2D eigenvalue weighted by Gasteiger charge is 2.03. The second-order valence-electron chi connectivity index (χ2n) is 3.08. The molecule has 4 heteroatoms. The van der Waals surface area contributed by atoms with Crippen molar-refractivity contribution in [2.75, 3.05) is 0 Å². The third-order valence-electron chi connectivity index (χ3n) is 2.20. The molecule has 0 aliphatic carbocycles. The van der Waals surface area contributed by atoms with Gasteiger partial charge in [0.1, 0.15) is 0 Å². The summed E-state index contributed by atoms with van der Waals surface area (Å²) in [7, 11) is 0. The summed E-state index contributed by atoms with van der Waals surface area (Å²) in [6.07, 6.45) is 2.22. The van der Waals surface area contributed by atoms with E-state index in [4.69, 9.17) is 0 Å². The number of halogens is 1. The maximum Gasteiger partial charge on any atom is 0.207 e. The molecule has 0 radical (unpaired) electrons. The van der Waals surface area contributed by atoms with Crippen LogP contribution in [0.4, 0.5) is 0 Å². The number of rotatable bonds is 1. The standard InChI is InChI=1S/C10H9BrN2O/c1-2-6-3-9-7(4-8(6)11)10(14)5-12-13-9/h3-5H,2H2,1H3,(H,13,14). The van der Waals surface area contributed by atoms with Gasteiger partial charge in [0.25, 0.3) is 0 Å². The molecule has 0 spiro atoms. The summed E-state index contributed by atoms with van der Waals surface area (Å²) in [4.78, 5) is 11.4. The fourth-order valence-electron chi connectivity index (χ4n) is 1.42. The number of nitrogens with one attached hydrogen (secondary N) is 1. The predicted molar refractivity (Wildman–Crippen MR) is 59.4 cm³/mol. The molecule has 2 aromatic rings. The Hall–Kier alpha value is -1.16. The minimum absolute atomic E-state index is 0.0536. The minimum Gasteiger partial charge on any atom is -0.287 e. The molecule has 0 aliphatic rings. The van der Waals surface area contributed by atoms with E-state index in [1.807, 2.05) is 12.1 Å². The molecule has 72 valence electrons. The maximum absolute atomic E-state index is 11.4. The van der Waals surface area contributed by atoms with E-state index in [0.29, 0.717) is 5.39 Å². The number of aromatic nitrogens is 2. The molecule has 14 heavy (non-hydrogen) atoms. The second-order valence-corrected chi connectivity index (χ2v) is 3.93. The third-order valence-corrected chi connectivity index (χ3v) is 2.94. The summed E-state index contributed by atoms with van der Waals surface area (Å²) < 4.78 is 0.976. The summed E-state index contributed by atoms with van der Waals surface area (Å²) in [5.74, 6) is 0. The van der Waals surface area contributed by atoms with Gasteiger partial charge in [-0.25, -0.2) is 0 Å². The van der Waals surface area contributed by atoms with Crippen LogP contribution in [0.25, 0.3) is 10.9 Å². The van der Waals surface area contributed by atoms with E-state index in [1.165, 1.54) is 11.8 Å². The molecule has 0 aliphatic heterocycles. The molecule has 0 amide bonds. The van der Waals surface area contributed by atoms with Crippen LogP contribution in [-0.2, 0) is 6.42 Å². The van der Waals surface area contributed by atoms with Crippen LogP contribution in [0.15, 0.2) is 27.6 Å². The highest BCUT2D eigenvalue weighted by molar-refractivity contribution is 9.10. The van der Waals surface area contributed by atoms with Gasteiger partial charge in [-0.15, -0.1) is 0 Å². The Morgan fingerprint density at radius 1 is 1.50 bits per heavy atom. The van der Waals surface area contributed by atoms with E-state index >= 15 is 0 Å². The van der Waals surface area contributed by atoms with E-state index in [9.17, 15) is 4.79 Å². The van der Waals surface area contributed by atoms with Gasteiger partial charge in [-0.05, 0) is 24.1 Å². The Morgan fingerprint density at radius 2 is 2.29 bits per heavy atom. The van der Waals surface area contributed by atoms with Crippen LogP contribution >= 0.6 is 15.9 Å². The molecular formula is C10H9BrN2O. The van der Waals surface area contributed by atoms with Gasteiger partial charge in [0.15, 0.2) is 0 Å². The van der Waals surface area contributed by atoms with E-state index in [0.717, 1.165) is 16.4 Å². The lowest BCUT2D eigenvalue weighted by molar-refractivity contribution is 1.05. The van der Waals surface area contributed by atoms with Crippen molar-refractivity contribution < 1.29 is 0 Å². The molecule has 1 aromatic carbocycles. The van der Waals surface area contributed by atoms with Crippen LogP contribution in [0.5, 0.6) is 0 Å². The summed E-state index contributed by atoms with van der Waals surface area (Å²) in [6, 6.07) is 3.79. The first kappa shape index (κ1) is 9.40. The summed E-state index contributed by atoms with van der Waals surface area (Å²) in [6.45, 7) is 2.07. The maximum atomic E-state index is 11.4. The summed E-state index contributed by atoms with van der Waals surface area (Å²) in [5.41, 5.74) is 1.90. The van der Waals surface area contributed by atoms with Gasteiger partial charge in [0.05, 0.1) is 11.7 Å². The lowest BCUT2D eigenvalue weighted by atomic mass is 10.1. The first-order valence-corrected chi connectivity index (χ1v) is 5.17. The quantitative estimate of drug-likeness (QED) is 0.847. The molecule has 0 fully saturated rings. The van der Waals surface area contributed by atoms with Crippen LogP contribution < -0.4 is 5.43 Å². The SMILES string of the molecule is CCc1cc2[nH]ncc(=O)c2cc1Br. The van der Waals surface area contributed by atoms with Crippen LogP contribution in [0.2, 0.25) is 0 Å². The molecular weight excluding hydrogens is 244 g/mol. The van der Waals surface area contributed by atoms with Gasteiger partial charge < -0.3 is 0 Å². The van der Waals surface area contributed by atoms with Gasteiger partial charge in [-0.3, -0.25) is 9.89 Å². The fraction of sp³-hybridized carbons (Fsp3) is 0.200. The molecule has 0 saturated heterocycles. The predicted octanol–water partition coefficient (Wildman–Crippen LogP) is 2.25. The summed E-state index contributed by atoms with van der Waals surface area (Å²) >= 11 is 3.44. The molecule has 1 aromatic heterocycles. The lowest BCUT2D eigenvalue weighted by Crippen LogP contribution is -2.03. The first-order chi connectivity index (χ1) is 6.72. The number of aryl methyl sites for hydroxylation is 1. The molecule has 1 heterocycles. The number of benzene rings is 1. The Bertz CT molecular complexity index is 533. The number of aromatic amines is 1.